The topological polar surface area (TPSA) is 87.0 Å². The van der Waals surface area contributed by atoms with E-state index in [4.69, 9.17) is 10.3 Å². The first-order chi connectivity index (χ1) is 7.90. The van der Waals surface area contributed by atoms with Crippen LogP contribution in [0.1, 0.15) is 5.56 Å². The van der Waals surface area contributed by atoms with Crippen molar-refractivity contribution in [3.63, 3.8) is 0 Å². The van der Waals surface area contributed by atoms with Crippen molar-refractivity contribution in [2.45, 2.75) is 5.25 Å². The minimum absolute atomic E-state index is 0.0671. The zero-order chi connectivity index (χ0) is 13.1. The molecule has 0 bridgehead atoms. The first-order valence-corrected chi connectivity index (χ1v) is 7.42. The number of oxime groups is 1. The molecule has 1 aromatic carbocycles. The van der Waals surface area contributed by atoms with E-state index in [-0.39, 0.29) is 5.71 Å². The Morgan fingerprint density at radius 3 is 2.29 bits per heavy atom. The van der Waals surface area contributed by atoms with E-state index in [2.05, 4.69) is 21.1 Å². The number of hydrogen-bond donors (Lipinski definition) is 2. The Labute approximate surface area is 108 Å². The normalized spacial score (nSPS) is 14.6. The molecule has 0 spiro atoms. The van der Waals surface area contributed by atoms with Gasteiger partial charge in [0, 0.05) is 16.3 Å². The van der Waals surface area contributed by atoms with Crippen LogP contribution in [-0.2, 0) is 9.84 Å². The van der Waals surface area contributed by atoms with Crippen LogP contribution in [0.15, 0.2) is 33.9 Å². The molecule has 1 atom stereocenters. The van der Waals surface area contributed by atoms with Gasteiger partial charge in [-0.1, -0.05) is 33.2 Å². The van der Waals surface area contributed by atoms with E-state index in [9.17, 15) is 8.42 Å². The number of rotatable bonds is 4. The van der Waals surface area contributed by atoms with Crippen molar-refractivity contribution in [2.24, 2.45) is 5.16 Å². The number of hydrogen-bond acceptors (Lipinski definition) is 5. The minimum atomic E-state index is -3.54. The zero-order valence-electron chi connectivity index (χ0n) is 9.04. The summed E-state index contributed by atoms with van der Waals surface area (Å²) in [6.07, 6.45) is 0.984. The monoisotopic (exact) mass is 321 g/mol. The molecule has 0 aliphatic heterocycles. The smallest absolute Gasteiger partial charge is 0.158 e. The maximum Gasteiger partial charge on any atom is 0.158 e. The van der Waals surface area contributed by atoms with E-state index >= 15 is 0 Å². The van der Waals surface area contributed by atoms with Crippen LogP contribution in [0.2, 0.25) is 0 Å². The number of sulfone groups is 1. The second-order valence-corrected chi connectivity index (χ2v) is 6.64. The van der Waals surface area contributed by atoms with Crippen LogP contribution in [0.3, 0.4) is 0 Å². The standard InChI is InChI=1S/C10H12BrNO4S/c1-17(15,16)9(6-13)10(12-14)7-2-4-8(11)5-3-7/h2-5,9,13-14H,6H2,1H3/b12-10-/t9-/m0/s1. The van der Waals surface area contributed by atoms with Gasteiger partial charge in [-0.25, -0.2) is 8.42 Å². The Morgan fingerprint density at radius 2 is 1.94 bits per heavy atom. The summed E-state index contributed by atoms with van der Waals surface area (Å²) >= 11 is 3.24. The van der Waals surface area contributed by atoms with Gasteiger partial charge in [-0.05, 0) is 12.1 Å². The lowest BCUT2D eigenvalue weighted by atomic mass is 10.1. The van der Waals surface area contributed by atoms with E-state index in [1.165, 1.54) is 0 Å². The fourth-order valence-electron chi connectivity index (χ4n) is 1.35. The Morgan fingerprint density at radius 1 is 1.41 bits per heavy atom. The number of benzene rings is 1. The molecule has 94 valence electrons. The van der Waals surface area contributed by atoms with Crippen LogP contribution in [-0.4, -0.2) is 42.6 Å². The molecule has 0 saturated heterocycles. The SMILES string of the molecule is CS(=O)(=O)[C@@H](CO)/C(=N\O)c1ccc(Br)cc1. The Hall–Kier alpha value is -0.920. The molecule has 1 aromatic rings. The van der Waals surface area contributed by atoms with Crippen LogP contribution >= 0.6 is 15.9 Å². The number of nitrogens with zero attached hydrogens (tertiary/aromatic N) is 1. The number of aliphatic hydroxyl groups excluding tert-OH is 1. The summed E-state index contributed by atoms with van der Waals surface area (Å²) in [5.74, 6) is 0. The Balaban J connectivity index is 3.20. The van der Waals surface area contributed by atoms with Gasteiger partial charge < -0.3 is 10.3 Å². The highest BCUT2D eigenvalue weighted by Gasteiger charge is 2.27. The van der Waals surface area contributed by atoms with E-state index < -0.39 is 21.7 Å². The van der Waals surface area contributed by atoms with Crippen molar-refractivity contribution in [1.29, 1.82) is 0 Å². The molecule has 1 rings (SSSR count). The van der Waals surface area contributed by atoms with Gasteiger partial charge in [0.25, 0.3) is 0 Å². The van der Waals surface area contributed by atoms with E-state index in [1.807, 2.05) is 0 Å². The lowest BCUT2D eigenvalue weighted by Crippen LogP contribution is -2.33. The average molecular weight is 322 g/mol. The molecule has 0 unspecified atom stereocenters. The lowest BCUT2D eigenvalue weighted by Gasteiger charge is -2.13. The lowest BCUT2D eigenvalue weighted by molar-refractivity contribution is 0.296. The second-order valence-electron chi connectivity index (χ2n) is 3.49. The molecule has 0 heterocycles. The molecular formula is C10H12BrNO4S. The van der Waals surface area contributed by atoms with E-state index in [1.54, 1.807) is 24.3 Å². The second kappa shape index (κ2) is 5.61. The molecule has 2 N–H and O–H groups in total. The van der Waals surface area contributed by atoms with Gasteiger partial charge in [-0.3, -0.25) is 0 Å². The maximum atomic E-state index is 11.4. The predicted molar refractivity (Wildman–Crippen MR) is 68.2 cm³/mol. The molecule has 0 aromatic heterocycles. The maximum absolute atomic E-state index is 11.4. The van der Waals surface area contributed by atoms with Gasteiger partial charge in [0.1, 0.15) is 11.0 Å². The highest BCUT2D eigenvalue weighted by molar-refractivity contribution is 9.10. The van der Waals surface area contributed by atoms with Crippen LogP contribution in [0, 0.1) is 0 Å². The summed E-state index contributed by atoms with van der Waals surface area (Å²) in [5, 5.41) is 19.8. The largest absolute Gasteiger partial charge is 0.411 e. The Kier molecular flexibility index (Phi) is 4.67. The fraction of sp³-hybridized carbons (Fsp3) is 0.300. The summed E-state index contributed by atoms with van der Waals surface area (Å²) in [5.41, 5.74) is 0.377. The molecule has 5 nitrogen and oxygen atoms in total. The van der Waals surface area contributed by atoms with Gasteiger partial charge >= 0.3 is 0 Å². The van der Waals surface area contributed by atoms with Crippen molar-refractivity contribution in [3.8, 4) is 0 Å². The minimum Gasteiger partial charge on any atom is -0.411 e. The van der Waals surface area contributed by atoms with Crippen LogP contribution in [0.5, 0.6) is 0 Å². The highest BCUT2D eigenvalue weighted by atomic mass is 79.9. The third-order valence-corrected chi connectivity index (χ3v) is 4.17. The van der Waals surface area contributed by atoms with Gasteiger partial charge in [-0.2, -0.15) is 0 Å². The summed E-state index contributed by atoms with van der Waals surface area (Å²) in [6, 6.07) is 6.59. The molecule has 0 fully saturated rings. The number of halogens is 1. The van der Waals surface area contributed by atoms with Crippen molar-refractivity contribution < 1.29 is 18.7 Å². The van der Waals surface area contributed by atoms with Crippen LogP contribution in [0.25, 0.3) is 0 Å². The first-order valence-electron chi connectivity index (χ1n) is 4.67. The quantitative estimate of drug-likeness (QED) is 0.492. The summed E-state index contributed by atoms with van der Waals surface area (Å²) in [7, 11) is -3.54. The van der Waals surface area contributed by atoms with Gasteiger partial charge in [0.05, 0.1) is 6.61 Å². The molecule has 0 radical (unpaired) electrons. The third-order valence-electron chi connectivity index (χ3n) is 2.24. The Bertz CT molecular complexity index is 510. The molecule has 7 heteroatoms. The predicted octanol–water partition coefficient (Wildman–Crippen LogP) is 1.03. The highest BCUT2D eigenvalue weighted by Crippen LogP contribution is 2.15. The third kappa shape index (κ3) is 3.52. The van der Waals surface area contributed by atoms with E-state index in [0.717, 1.165) is 10.7 Å². The van der Waals surface area contributed by atoms with Crippen molar-refractivity contribution >= 4 is 31.5 Å². The van der Waals surface area contributed by atoms with Crippen LogP contribution < -0.4 is 0 Å². The molecule has 0 aliphatic rings. The molecule has 0 saturated carbocycles. The van der Waals surface area contributed by atoms with Crippen molar-refractivity contribution in [3.05, 3.63) is 34.3 Å². The van der Waals surface area contributed by atoms with Crippen molar-refractivity contribution in [2.75, 3.05) is 12.9 Å². The van der Waals surface area contributed by atoms with Crippen molar-refractivity contribution in [1.82, 2.24) is 0 Å². The fourth-order valence-corrected chi connectivity index (χ4v) is 2.48. The summed E-state index contributed by atoms with van der Waals surface area (Å²) in [6.45, 7) is -0.631. The zero-order valence-corrected chi connectivity index (χ0v) is 11.4. The summed E-state index contributed by atoms with van der Waals surface area (Å²) < 4.78 is 23.7. The van der Waals surface area contributed by atoms with Gasteiger partial charge in [-0.15, -0.1) is 0 Å². The molecular weight excluding hydrogens is 310 g/mol. The van der Waals surface area contributed by atoms with Gasteiger partial charge in [0.15, 0.2) is 9.84 Å². The van der Waals surface area contributed by atoms with Crippen LogP contribution in [0.4, 0.5) is 0 Å². The van der Waals surface area contributed by atoms with Gasteiger partial charge in [0.2, 0.25) is 0 Å². The van der Waals surface area contributed by atoms with E-state index in [0.29, 0.717) is 5.56 Å². The first kappa shape index (κ1) is 14.1. The molecule has 17 heavy (non-hydrogen) atoms. The summed E-state index contributed by atoms with van der Waals surface area (Å²) in [4.78, 5) is 0. The number of aliphatic hydroxyl groups is 1. The average Bonchev–Trinajstić information content (AvgIpc) is 2.25. The molecule has 0 amide bonds. The molecule has 0 aliphatic carbocycles.